The number of aliphatic carboxylic acids is 3. The number of nitrogens with one attached hydrogen (secondary N) is 1. The fourth-order valence-corrected chi connectivity index (χ4v) is 1.36. The number of carboxylic acids is 3. The number of carbonyl (C=O) groups excluding carboxylic acids is 3. The molecule has 0 bridgehead atoms. The van der Waals surface area contributed by atoms with Gasteiger partial charge >= 0.3 is 17.1 Å². The Morgan fingerprint density at radius 2 is 1.60 bits per heavy atom. The van der Waals surface area contributed by atoms with E-state index in [-0.39, 0.29) is 30.2 Å². The molecule has 0 aromatic carbocycles. The molecule has 1 radical (unpaired) electrons. The summed E-state index contributed by atoms with van der Waals surface area (Å²) in [6.07, 6.45) is -0.846. The monoisotopic (exact) mass is 331 g/mol. The third-order valence-electron chi connectivity index (χ3n) is 1.97. The summed E-state index contributed by atoms with van der Waals surface area (Å²) in [5.41, 5.74) is 0. The fourth-order valence-electron chi connectivity index (χ4n) is 1.36. The minimum atomic E-state index is -1.46. The van der Waals surface area contributed by atoms with Crippen molar-refractivity contribution in [1.29, 1.82) is 0 Å². The summed E-state index contributed by atoms with van der Waals surface area (Å²) < 4.78 is 5.12. The Morgan fingerprint density at radius 1 is 1.10 bits per heavy atom. The molecule has 10 heteroatoms. The molecule has 0 saturated heterocycles. The molecule has 0 aliphatic rings. The van der Waals surface area contributed by atoms with Crippen LogP contribution in [0.4, 0.5) is 0 Å². The van der Waals surface area contributed by atoms with E-state index in [4.69, 9.17) is 4.74 Å². The van der Waals surface area contributed by atoms with Gasteiger partial charge in [0.25, 0.3) is 0 Å². The third kappa shape index (κ3) is 11.9. The number of nitrogens with zero attached hydrogens (tertiary/aromatic N) is 1. The fraction of sp³-hybridized carbons (Fsp3) is 0.700. The van der Waals surface area contributed by atoms with Gasteiger partial charge in [-0.15, -0.1) is 0 Å². The average molecular weight is 331 g/mol. The van der Waals surface area contributed by atoms with E-state index < -0.39 is 43.8 Å². The van der Waals surface area contributed by atoms with Gasteiger partial charge in [-0.1, -0.05) is 0 Å². The van der Waals surface area contributed by atoms with Crippen LogP contribution in [0.3, 0.4) is 0 Å². The second-order valence-corrected chi connectivity index (χ2v) is 3.61. The van der Waals surface area contributed by atoms with Crippen molar-refractivity contribution in [2.45, 2.75) is 13.2 Å². The Balaban J connectivity index is 0. The molecule has 1 atom stereocenters. The first-order valence-electron chi connectivity index (χ1n) is 5.52. The topological polar surface area (TPSA) is 145 Å². The largest absolute Gasteiger partial charge is 3.00 e. The summed E-state index contributed by atoms with van der Waals surface area (Å²) in [4.78, 5) is 32.2. The molecule has 0 fully saturated rings. The zero-order valence-corrected chi connectivity index (χ0v) is 11.9. The van der Waals surface area contributed by atoms with Crippen LogP contribution in [0.5, 0.6) is 0 Å². The Morgan fingerprint density at radius 3 is 1.95 bits per heavy atom. The van der Waals surface area contributed by atoms with Gasteiger partial charge in [-0.3, -0.25) is 10.2 Å². The molecule has 1 unspecified atom stereocenters. The molecule has 0 spiro atoms. The van der Waals surface area contributed by atoms with Crippen molar-refractivity contribution in [2.75, 3.05) is 32.8 Å². The zero-order valence-electron chi connectivity index (χ0n) is 10.8. The molecule has 1 N–H and O–H groups in total. The number of rotatable bonds is 11. The van der Waals surface area contributed by atoms with E-state index in [9.17, 15) is 29.7 Å². The van der Waals surface area contributed by atoms with Gasteiger partial charge in [0.1, 0.15) is 6.23 Å². The van der Waals surface area contributed by atoms with Crippen LogP contribution in [0.2, 0.25) is 0 Å². The van der Waals surface area contributed by atoms with Gasteiger partial charge in [-0.2, -0.15) is 0 Å². The van der Waals surface area contributed by atoms with Gasteiger partial charge in [-0.05, 0) is 6.92 Å². The quantitative estimate of drug-likeness (QED) is 0.289. The molecule has 0 heterocycles. The summed E-state index contributed by atoms with van der Waals surface area (Å²) >= 11 is 0. The Bertz CT molecular complexity index is 311. The number of ether oxygens (including phenoxy) is 1. The van der Waals surface area contributed by atoms with Crippen molar-refractivity contribution < 1.29 is 51.5 Å². The van der Waals surface area contributed by atoms with Gasteiger partial charge < -0.3 is 34.4 Å². The van der Waals surface area contributed by atoms with Crippen molar-refractivity contribution >= 4 is 17.9 Å². The van der Waals surface area contributed by atoms with Crippen LogP contribution in [0, 0.1) is 0 Å². The molecule has 0 aromatic rings. The van der Waals surface area contributed by atoms with E-state index in [0.29, 0.717) is 0 Å². The van der Waals surface area contributed by atoms with Crippen LogP contribution in [0.15, 0.2) is 0 Å². The second-order valence-electron chi connectivity index (χ2n) is 3.61. The summed E-state index contributed by atoms with van der Waals surface area (Å²) in [7, 11) is 0. The smallest absolute Gasteiger partial charge is 0.549 e. The Kier molecular flexibility index (Phi) is 12.3. The van der Waals surface area contributed by atoms with Crippen molar-refractivity contribution in [3.63, 3.8) is 0 Å². The van der Waals surface area contributed by atoms with Gasteiger partial charge in [0, 0.05) is 32.8 Å². The van der Waals surface area contributed by atoms with Crippen LogP contribution >= 0.6 is 0 Å². The maximum atomic E-state index is 10.5. The molecule has 0 amide bonds. The maximum absolute atomic E-state index is 10.5. The van der Waals surface area contributed by atoms with E-state index >= 15 is 0 Å². The number of carbonyl (C=O) groups is 3. The molecule has 20 heavy (non-hydrogen) atoms. The van der Waals surface area contributed by atoms with E-state index in [0.717, 1.165) is 4.90 Å². The predicted octanol–water partition coefficient (Wildman–Crippen LogP) is -5.51. The summed E-state index contributed by atoms with van der Waals surface area (Å²) in [6.45, 7) is -0.0436. The minimum absolute atomic E-state index is 0. The van der Waals surface area contributed by atoms with Gasteiger partial charge in [0.2, 0.25) is 0 Å². The van der Waals surface area contributed by atoms with E-state index in [1.54, 1.807) is 6.92 Å². The van der Waals surface area contributed by atoms with Crippen molar-refractivity contribution in [3.05, 3.63) is 0 Å². The average Bonchev–Trinajstić information content (AvgIpc) is 2.24. The van der Waals surface area contributed by atoms with Crippen LogP contribution in [-0.2, 0) is 36.2 Å². The molecule has 0 aliphatic heterocycles. The number of hydrogen-bond acceptors (Lipinski definition) is 9. The SMILES string of the molecule is CCOC(CN(CC(=O)[O-])CC(=O)[O-])NCC(=O)[O-].[Fe+3]. The molecular formula is C10H15FeN2O7. The molecule has 0 aliphatic carbocycles. The molecule has 0 aromatic heterocycles. The minimum Gasteiger partial charge on any atom is -0.549 e. The molecule has 0 saturated carbocycles. The Labute approximate surface area is 126 Å². The van der Waals surface area contributed by atoms with Crippen LogP contribution in [0.1, 0.15) is 6.92 Å². The zero-order chi connectivity index (χ0) is 14.8. The van der Waals surface area contributed by atoms with Crippen molar-refractivity contribution in [3.8, 4) is 0 Å². The van der Waals surface area contributed by atoms with Crippen molar-refractivity contribution in [2.24, 2.45) is 0 Å². The summed E-state index contributed by atoms with van der Waals surface area (Å²) in [5.74, 6) is -4.29. The number of carboxylic acid groups (broad SMARTS) is 3. The standard InChI is InChI=1S/C10H18N2O7.Fe/c1-2-19-7(11-3-8(13)14)4-12(5-9(15)16)6-10(17)18;/h7,11H,2-6H2,1H3,(H,13,14)(H,15,16)(H,17,18);/q;+3/p-3. The first-order chi connectivity index (χ1) is 8.85. The predicted molar refractivity (Wildman–Crippen MR) is 54.9 cm³/mol. The summed E-state index contributed by atoms with van der Waals surface area (Å²) in [5, 5.41) is 33.7. The Hall–Kier alpha value is -1.19. The van der Waals surface area contributed by atoms with E-state index in [1.165, 1.54) is 0 Å². The van der Waals surface area contributed by atoms with Crippen LogP contribution in [0.25, 0.3) is 0 Å². The van der Waals surface area contributed by atoms with Crippen LogP contribution < -0.4 is 20.6 Å². The second kappa shape index (κ2) is 11.6. The first kappa shape index (κ1) is 21.1. The maximum Gasteiger partial charge on any atom is 3.00 e. The van der Waals surface area contributed by atoms with Gasteiger partial charge in [0.15, 0.2) is 0 Å². The molecule has 0 rings (SSSR count). The van der Waals surface area contributed by atoms with E-state index in [1.807, 2.05) is 0 Å². The van der Waals surface area contributed by atoms with Gasteiger partial charge in [0.05, 0.1) is 17.9 Å². The molecular weight excluding hydrogens is 316 g/mol. The first-order valence-corrected chi connectivity index (χ1v) is 5.52. The third-order valence-corrected chi connectivity index (χ3v) is 1.97. The molecule has 115 valence electrons. The van der Waals surface area contributed by atoms with Crippen LogP contribution in [-0.4, -0.2) is 61.8 Å². The van der Waals surface area contributed by atoms with Gasteiger partial charge in [-0.25, -0.2) is 0 Å². The van der Waals surface area contributed by atoms with Crippen molar-refractivity contribution in [1.82, 2.24) is 10.2 Å². The molecule has 9 nitrogen and oxygen atoms in total. The van der Waals surface area contributed by atoms with E-state index in [2.05, 4.69) is 5.32 Å². The number of hydrogen-bond donors (Lipinski definition) is 1. The summed E-state index contributed by atoms with van der Waals surface area (Å²) in [6, 6.07) is 0. The normalized spacial score (nSPS) is 11.7.